The van der Waals surface area contributed by atoms with Crippen molar-refractivity contribution < 1.29 is 8.81 Å². The van der Waals surface area contributed by atoms with Crippen molar-refractivity contribution in [2.45, 2.75) is 0 Å². The summed E-state index contributed by atoms with van der Waals surface area (Å²) in [7, 11) is 0. The zero-order chi connectivity index (χ0) is 11.8. The third-order valence-corrected chi connectivity index (χ3v) is 2.85. The van der Waals surface area contributed by atoms with E-state index in [1.165, 1.54) is 6.07 Å². The van der Waals surface area contributed by atoms with Crippen LogP contribution in [0.4, 0.5) is 4.39 Å². The minimum absolute atomic E-state index is 0.294. The van der Waals surface area contributed by atoms with Gasteiger partial charge in [-0.1, -0.05) is 23.7 Å². The first-order chi connectivity index (χ1) is 8.24. The van der Waals surface area contributed by atoms with E-state index in [1.54, 1.807) is 42.5 Å². The second kappa shape index (κ2) is 3.90. The Hall–Kier alpha value is -1.80. The van der Waals surface area contributed by atoms with Crippen molar-refractivity contribution in [2.24, 2.45) is 0 Å². The SMILES string of the molecule is Fc1ccccc1-c1cc2cc(Cl)ccc2o1. The minimum atomic E-state index is -0.294. The van der Waals surface area contributed by atoms with Gasteiger partial charge in [0.05, 0.1) is 5.56 Å². The molecule has 0 aliphatic heterocycles. The van der Waals surface area contributed by atoms with Crippen LogP contribution in [0.2, 0.25) is 5.02 Å². The number of furan rings is 1. The van der Waals surface area contributed by atoms with E-state index in [4.69, 9.17) is 16.0 Å². The van der Waals surface area contributed by atoms with Crippen molar-refractivity contribution in [1.29, 1.82) is 0 Å². The number of fused-ring (bicyclic) bond motifs is 1. The van der Waals surface area contributed by atoms with Gasteiger partial charge in [-0.05, 0) is 36.4 Å². The van der Waals surface area contributed by atoms with Crippen molar-refractivity contribution in [3.63, 3.8) is 0 Å². The average Bonchev–Trinajstić information content (AvgIpc) is 2.72. The third-order valence-electron chi connectivity index (χ3n) is 2.62. The standard InChI is InChI=1S/C14H8ClFO/c15-10-5-6-13-9(7-10)8-14(17-13)11-3-1-2-4-12(11)16/h1-8H. The summed E-state index contributed by atoms with van der Waals surface area (Å²) >= 11 is 5.89. The molecular formula is C14H8ClFO. The van der Waals surface area contributed by atoms with Crippen LogP contribution < -0.4 is 0 Å². The molecule has 2 aromatic carbocycles. The molecule has 0 unspecified atom stereocenters. The van der Waals surface area contributed by atoms with E-state index < -0.39 is 0 Å². The largest absolute Gasteiger partial charge is 0.456 e. The van der Waals surface area contributed by atoms with E-state index >= 15 is 0 Å². The molecule has 1 heterocycles. The molecule has 0 aliphatic carbocycles. The van der Waals surface area contributed by atoms with Gasteiger partial charge in [0.15, 0.2) is 0 Å². The van der Waals surface area contributed by atoms with Gasteiger partial charge in [-0.2, -0.15) is 0 Å². The molecule has 1 aromatic heterocycles. The molecule has 0 atom stereocenters. The van der Waals surface area contributed by atoms with E-state index in [0.29, 0.717) is 21.9 Å². The van der Waals surface area contributed by atoms with Gasteiger partial charge < -0.3 is 4.42 Å². The van der Waals surface area contributed by atoms with E-state index in [0.717, 1.165) is 5.39 Å². The predicted molar refractivity (Wildman–Crippen MR) is 66.6 cm³/mol. The summed E-state index contributed by atoms with van der Waals surface area (Å²) < 4.78 is 19.2. The van der Waals surface area contributed by atoms with Gasteiger partial charge >= 0.3 is 0 Å². The Balaban J connectivity index is 2.22. The molecule has 0 radical (unpaired) electrons. The highest BCUT2D eigenvalue weighted by atomic mass is 35.5. The maximum Gasteiger partial charge on any atom is 0.138 e. The summed E-state index contributed by atoms with van der Waals surface area (Å²) in [6.45, 7) is 0. The molecule has 0 amide bonds. The van der Waals surface area contributed by atoms with E-state index in [-0.39, 0.29) is 5.82 Å². The van der Waals surface area contributed by atoms with Gasteiger partial charge in [-0.25, -0.2) is 4.39 Å². The summed E-state index contributed by atoms with van der Waals surface area (Å²) in [5, 5.41) is 1.51. The van der Waals surface area contributed by atoms with Crippen LogP contribution in [0.15, 0.2) is 52.9 Å². The summed E-state index contributed by atoms with van der Waals surface area (Å²) in [5.41, 5.74) is 1.16. The van der Waals surface area contributed by atoms with Crippen molar-refractivity contribution in [3.8, 4) is 11.3 Å². The van der Waals surface area contributed by atoms with Crippen LogP contribution in [0, 0.1) is 5.82 Å². The molecule has 3 rings (SSSR count). The molecule has 0 fully saturated rings. The molecule has 3 heteroatoms. The summed E-state index contributed by atoms with van der Waals surface area (Å²) in [6.07, 6.45) is 0. The molecule has 3 aromatic rings. The lowest BCUT2D eigenvalue weighted by molar-refractivity contribution is 0.601. The zero-order valence-electron chi connectivity index (χ0n) is 8.78. The average molecular weight is 247 g/mol. The van der Waals surface area contributed by atoms with E-state index in [9.17, 15) is 4.39 Å². The molecule has 1 nitrogen and oxygen atoms in total. The first-order valence-corrected chi connectivity index (χ1v) is 5.56. The highest BCUT2D eigenvalue weighted by Crippen LogP contribution is 2.30. The van der Waals surface area contributed by atoms with Crippen LogP contribution in [0.3, 0.4) is 0 Å². The van der Waals surface area contributed by atoms with Crippen LogP contribution in [0.25, 0.3) is 22.3 Å². The summed E-state index contributed by atoms with van der Waals surface area (Å²) in [5.74, 6) is 0.220. The monoisotopic (exact) mass is 246 g/mol. The molecular weight excluding hydrogens is 239 g/mol. The van der Waals surface area contributed by atoms with E-state index in [2.05, 4.69) is 0 Å². The lowest BCUT2D eigenvalue weighted by Gasteiger charge is -1.96. The van der Waals surface area contributed by atoms with Crippen LogP contribution >= 0.6 is 11.6 Å². The fourth-order valence-electron chi connectivity index (χ4n) is 1.81. The second-order valence-corrected chi connectivity index (χ2v) is 4.21. The minimum Gasteiger partial charge on any atom is -0.456 e. The van der Waals surface area contributed by atoms with Gasteiger partial charge in [-0.3, -0.25) is 0 Å². The van der Waals surface area contributed by atoms with Gasteiger partial charge in [0, 0.05) is 10.4 Å². The first kappa shape index (κ1) is 10.4. The Labute approximate surface area is 102 Å². The molecule has 0 spiro atoms. The number of rotatable bonds is 1. The van der Waals surface area contributed by atoms with Crippen molar-refractivity contribution >= 4 is 22.6 Å². The van der Waals surface area contributed by atoms with Gasteiger partial charge in [-0.15, -0.1) is 0 Å². The lowest BCUT2D eigenvalue weighted by atomic mass is 10.1. The molecule has 84 valence electrons. The Morgan fingerprint density at radius 2 is 1.82 bits per heavy atom. The van der Waals surface area contributed by atoms with Gasteiger partial charge in [0.2, 0.25) is 0 Å². The number of hydrogen-bond donors (Lipinski definition) is 0. The maximum absolute atomic E-state index is 13.6. The maximum atomic E-state index is 13.6. The Kier molecular flexibility index (Phi) is 2.37. The summed E-state index contributed by atoms with van der Waals surface area (Å²) in [4.78, 5) is 0. The number of halogens is 2. The zero-order valence-corrected chi connectivity index (χ0v) is 9.54. The van der Waals surface area contributed by atoms with Gasteiger partial charge in [0.25, 0.3) is 0 Å². The topological polar surface area (TPSA) is 13.1 Å². The molecule has 0 N–H and O–H groups in total. The number of benzene rings is 2. The van der Waals surface area contributed by atoms with Crippen LogP contribution in [-0.2, 0) is 0 Å². The Morgan fingerprint density at radius 3 is 2.65 bits per heavy atom. The molecule has 17 heavy (non-hydrogen) atoms. The second-order valence-electron chi connectivity index (χ2n) is 3.77. The predicted octanol–water partition coefficient (Wildman–Crippen LogP) is 4.89. The lowest BCUT2D eigenvalue weighted by Crippen LogP contribution is -1.79. The van der Waals surface area contributed by atoms with E-state index in [1.807, 2.05) is 0 Å². The molecule has 0 bridgehead atoms. The fourth-order valence-corrected chi connectivity index (χ4v) is 1.99. The number of hydrogen-bond acceptors (Lipinski definition) is 1. The fraction of sp³-hybridized carbons (Fsp3) is 0. The summed E-state index contributed by atoms with van der Waals surface area (Å²) in [6, 6.07) is 13.6. The van der Waals surface area contributed by atoms with Crippen LogP contribution in [-0.4, -0.2) is 0 Å². The Bertz CT molecular complexity index is 688. The molecule has 0 saturated carbocycles. The smallest absolute Gasteiger partial charge is 0.138 e. The van der Waals surface area contributed by atoms with Crippen molar-refractivity contribution in [1.82, 2.24) is 0 Å². The molecule has 0 aliphatic rings. The quantitative estimate of drug-likeness (QED) is 0.596. The van der Waals surface area contributed by atoms with Crippen LogP contribution in [0.5, 0.6) is 0 Å². The Morgan fingerprint density at radius 1 is 1.00 bits per heavy atom. The van der Waals surface area contributed by atoms with Gasteiger partial charge in [0.1, 0.15) is 17.2 Å². The van der Waals surface area contributed by atoms with Crippen molar-refractivity contribution in [2.75, 3.05) is 0 Å². The van der Waals surface area contributed by atoms with Crippen molar-refractivity contribution in [3.05, 3.63) is 59.4 Å². The third kappa shape index (κ3) is 1.81. The molecule has 0 saturated heterocycles. The highest BCUT2D eigenvalue weighted by Gasteiger charge is 2.10. The van der Waals surface area contributed by atoms with Crippen LogP contribution in [0.1, 0.15) is 0 Å². The normalized spacial score (nSPS) is 10.9. The highest BCUT2D eigenvalue weighted by molar-refractivity contribution is 6.31. The first-order valence-electron chi connectivity index (χ1n) is 5.18.